The Labute approximate surface area is 118 Å². The van der Waals surface area contributed by atoms with Crippen LogP contribution < -0.4 is 10.1 Å². The molecule has 106 valence electrons. The SMILES string of the molecule is Cc1cc(Oc2ccccc2F)c(CNC(C)C)cn1. The monoisotopic (exact) mass is 274 g/mol. The van der Waals surface area contributed by atoms with Crippen LogP contribution in [0.2, 0.25) is 0 Å². The second kappa shape index (κ2) is 6.48. The first kappa shape index (κ1) is 14.5. The number of para-hydroxylation sites is 1. The maximum atomic E-state index is 13.7. The Bertz CT molecular complexity index is 584. The lowest BCUT2D eigenvalue weighted by atomic mass is 10.2. The highest BCUT2D eigenvalue weighted by Gasteiger charge is 2.09. The van der Waals surface area contributed by atoms with Crippen molar-refractivity contribution in [3.8, 4) is 11.5 Å². The third kappa shape index (κ3) is 3.78. The van der Waals surface area contributed by atoms with Crippen LogP contribution in [-0.2, 0) is 6.54 Å². The topological polar surface area (TPSA) is 34.1 Å². The van der Waals surface area contributed by atoms with Crippen molar-refractivity contribution in [3.05, 3.63) is 53.6 Å². The number of rotatable bonds is 5. The largest absolute Gasteiger partial charge is 0.454 e. The van der Waals surface area contributed by atoms with Crippen LogP contribution in [0.15, 0.2) is 36.5 Å². The van der Waals surface area contributed by atoms with Gasteiger partial charge in [-0.05, 0) is 19.1 Å². The second-order valence-corrected chi connectivity index (χ2v) is 5.00. The summed E-state index contributed by atoms with van der Waals surface area (Å²) in [5, 5.41) is 3.31. The van der Waals surface area contributed by atoms with Crippen LogP contribution in [0.3, 0.4) is 0 Å². The number of pyridine rings is 1. The molecule has 0 amide bonds. The summed E-state index contributed by atoms with van der Waals surface area (Å²) in [6.07, 6.45) is 1.76. The first-order valence-electron chi connectivity index (χ1n) is 6.67. The molecule has 0 fully saturated rings. The number of ether oxygens (including phenoxy) is 1. The molecule has 1 heterocycles. The van der Waals surface area contributed by atoms with E-state index in [0.29, 0.717) is 18.3 Å². The van der Waals surface area contributed by atoms with Crippen molar-refractivity contribution in [3.63, 3.8) is 0 Å². The minimum Gasteiger partial charge on any atom is -0.454 e. The minimum absolute atomic E-state index is 0.226. The Kier molecular flexibility index (Phi) is 4.69. The average Bonchev–Trinajstić information content (AvgIpc) is 2.40. The van der Waals surface area contributed by atoms with Crippen molar-refractivity contribution in [1.82, 2.24) is 10.3 Å². The molecule has 0 unspecified atom stereocenters. The zero-order valence-electron chi connectivity index (χ0n) is 12.0. The third-order valence-corrected chi connectivity index (χ3v) is 2.84. The maximum Gasteiger partial charge on any atom is 0.165 e. The highest BCUT2D eigenvalue weighted by molar-refractivity contribution is 5.38. The van der Waals surface area contributed by atoms with Crippen molar-refractivity contribution >= 4 is 0 Å². The fourth-order valence-electron chi connectivity index (χ4n) is 1.75. The first-order chi connectivity index (χ1) is 9.56. The van der Waals surface area contributed by atoms with Crippen molar-refractivity contribution in [2.45, 2.75) is 33.4 Å². The molecule has 0 spiro atoms. The van der Waals surface area contributed by atoms with Crippen LogP contribution in [-0.4, -0.2) is 11.0 Å². The summed E-state index contributed by atoms with van der Waals surface area (Å²) in [6, 6.07) is 8.57. The van der Waals surface area contributed by atoms with Crippen molar-refractivity contribution in [1.29, 1.82) is 0 Å². The molecule has 20 heavy (non-hydrogen) atoms. The summed E-state index contributed by atoms with van der Waals surface area (Å²) in [5.74, 6) is 0.490. The standard InChI is InChI=1S/C16H19FN2O/c1-11(2)18-9-13-10-19-12(3)8-16(13)20-15-7-5-4-6-14(15)17/h4-8,10-11,18H,9H2,1-3H3. The number of aryl methyl sites for hydroxylation is 1. The third-order valence-electron chi connectivity index (χ3n) is 2.84. The van der Waals surface area contributed by atoms with E-state index in [2.05, 4.69) is 24.1 Å². The summed E-state index contributed by atoms with van der Waals surface area (Å²) < 4.78 is 19.4. The molecule has 0 aliphatic heterocycles. The molecular formula is C16H19FN2O. The molecule has 2 rings (SSSR count). The van der Waals surface area contributed by atoms with E-state index < -0.39 is 0 Å². The minimum atomic E-state index is -0.371. The summed E-state index contributed by atoms with van der Waals surface area (Å²) in [7, 11) is 0. The van der Waals surface area contributed by atoms with Crippen LogP contribution >= 0.6 is 0 Å². The van der Waals surface area contributed by atoms with Gasteiger partial charge < -0.3 is 10.1 Å². The van der Waals surface area contributed by atoms with Crippen LogP contribution in [0.4, 0.5) is 4.39 Å². The number of aromatic nitrogens is 1. The number of halogens is 1. The van der Waals surface area contributed by atoms with E-state index in [-0.39, 0.29) is 11.6 Å². The fraction of sp³-hybridized carbons (Fsp3) is 0.312. The zero-order valence-corrected chi connectivity index (χ0v) is 12.0. The Morgan fingerprint density at radius 3 is 2.70 bits per heavy atom. The summed E-state index contributed by atoms with van der Waals surface area (Å²) in [5.41, 5.74) is 1.75. The summed E-state index contributed by atoms with van der Waals surface area (Å²) >= 11 is 0. The normalized spacial score (nSPS) is 10.8. The highest BCUT2D eigenvalue weighted by Crippen LogP contribution is 2.27. The molecule has 0 aliphatic carbocycles. The molecule has 0 radical (unpaired) electrons. The molecule has 0 saturated heterocycles. The van der Waals surface area contributed by atoms with Gasteiger partial charge in [0.25, 0.3) is 0 Å². The van der Waals surface area contributed by atoms with Gasteiger partial charge in [-0.25, -0.2) is 4.39 Å². The van der Waals surface area contributed by atoms with Crippen LogP contribution in [0.5, 0.6) is 11.5 Å². The fourth-order valence-corrected chi connectivity index (χ4v) is 1.75. The Morgan fingerprint density at radius 1 is 1.25 bits per heavy atom. The molecule has 0 aliphatic rings. The van der Waals surface area contributed by atoms with Gasteiger partial charge in [0.2, 0.25) is 0 Å². The number of nitrogens with zero attached hydrogens (tertiary/aromatic N) is 1. The van der Waals surface area contributed by atoms with Gasteiger partial charge >= 0.3 is 0 Å². The first-order valence-corrected chi connectivity index (χ1v) is 6.67. The lowest BCUT2D eigenvalue weighted by Gasteiger charge is -2.14. The summed E-state index contributed by atoms with van der Waals surface area (Å²) in [6.45, 7) is 6.65. The van der Waals surface area contributed by atoms with Gasteiger partial charge in [0.05, 0.1) is 0 Å². The lowest BCUT2D eigenvalue weighted by Crippen LogP contribution is -2.22. The number of hydrogen-bond acceptors (Lipinski definition) is 3. The van der Waals surface area contributed by atoms with Crippen molar-refractivity contribution in [2.24, 2.45) is 0 Å². The molecule has 0 bridgehead atoms. The molecule has 3 nitrogen and oxygen atoms in total. The quantitative estimate of drug-likeness (QED) is 0.900. The van der Waals surface area contributed by atoms with E-state index in [9.17, 15) is 4.39 Å². The molecular weight excluding hydrogens is 255 g/mol. The van der Waals surface area contributed by atoms with E-state index in [1.54, 1.807) is 24.4 Å². The highest BCUT2D eigenvalue weighted by atomic mass is 19.1. The molecule has 0 atom stereocenters. The molecule has 1 aromatic heterocycles. The van der Waals surface area contributed by atoms with E-state index in [1.807, 2.05) is 13.0 Å². The Balaban J connectivity index is 2.25. The van der Waals surface area contributed by atoms with Gasteiger partial charge in [0.15, 0.2) is 11.6 Å². The van der Waals surface area contributed by atoms with Gasteiger partial charge in [-0.3, -0.25) is 4.98 Å². The number of hydrogen-bond donors (Lipinski definition) is 1. The molecule has 1 aromatic carbocycles. The molecule has 2 aromatic rings. The number of benzene rings is 1. The predicted octanol–water partition coefficient (Wildman–Crippen LogP) is 3.82. The van der Waals surface area contributed by atoms with Crippen molar-refractivity contribution < 1.29 is 9.13 Å². The zero-order chi connectivity index (χ0) is 14.5. The maximum absolute atomic E-state index is 13.7. The van der Waals surface area contributed by atoms with Crippen LogP contribution in [0.1, 0.15) is 25.1 Å². The lowest BCUT2D eigenvalue weighted by molar-refractivity contribution is 0.433. The Hall–Kier alpha value is -1.94. The van der Waals surface area contributed by atoms with Gasteiger partial charge in [-0.1, -0.05) is 26.0 Å². The van der Waals surface area contributed by atoms with Gasteiger partial charge in [-0.2, -0.15) is 0 Å². The number of nitrogens with one attached hydrogen (secondary N) is 1. The second-order valence-electron chi connectivity index (χ2n) is 5.00. The molecule has 1 N–H and O–H groups in total. The molecule has 0 saturated carbocycles. The predicted molar refractivity (Wildman–Crippen MR) is 77.4 cm³/mol. The van der Waals surface area contributed by atoms with Crippen molar-refractivity contribution in [2.75, 3.05) is 0 Å². The summed E-state index contributed by atoms with van der Waals surface area (Å²) in [4.78, 5) is 4.27. The van der Waals surface area contributed by atoms with Crippen LogP contribution in [0.25, 0.3) is 0 Å². The van der Waals surface area contributed by atoms with Gasteiger partial charge in [-0.15, -0.1) is 0 Å². The Morgan fingerprint density at radius 2 is 2.00 bits per heavy atom. The van der Waals surface area contributed by atoms with E-state index >= 15 is 0 Å². The van der Waals surface area contributed by atoms with Crippen LogP contribution in [0, 0.1) is 12.7 Å². The molecule has 4 heteroatoms. The smallest absolute Gasteiger partial charge is 0.165 e. The van der Waals surface area contributed by atoms with E-state index in [1.165, 1.54) is 6.07 Å². The van der Waals surface area contributed by atoms with Gasteiger partial charge in [0, 0.05) is 36.1 Å². The average molecular weight is 274 g/mol. The van der Waals surface area contributed by atoms with E-state index in [0.717, 1.165) is 11.3 Å². The van der Waals surface area contributed by atoms with E-state index in [4.69, 9.17) is 4.74 Å². The van der Waals surface area contributed by atoms with Gasteiger partial charge in [0.1, 0.15) is 5.75 Å².